The summed E-state index contributed by atoms with van der Waals surface area (Å²) >= 11 is 0. The summed E-state index contributed by atoms with van der Waals surface area (Å²) in [6.07, 6.45) is 0. The van der Waals surface area contributed by atoms with Gasteiger partial charge >= 0.3 is 0 Å². The maximum Gasteiger partial charge on any atom is 0.236 e. The number of nitrogens with one attached hydrogen (secondary N) is 3. The predicted octanol–water partition coefficient (Wildman–Crippen LogP) is 0.509. The first-order valence-electron chi connectivity index (χ1n) is 6.44. The van der Waals surface area contributed by atoms with Crippen molar-refractivity contribution in [1.29, 1.82) is 0 Å². The Morgan fingerprint density at radius 3 is 2.17 bits per heavy atom. The molecule has 0 aliphatic heterocycles. The van der Waals surface area contributed by atoms with E-state index in [2.05, 4.69) is 16.0 Å². The fourth-order valence-electron chi connectivity index (χ4n) is 1.38. The van der Waals surface area contributed by atoms with Gasteiger partial charge in [-0.3, -0.25) is 9.59 Å². The normalized spacial score (nSPS) is 13.3. The Kier molecular flexibility index (Phi) is 6.91. The Labute approximate surface area is 110 Å². The van der Waals surface area contributed by atoms with Gasteiger partial charge in [0.2, 0.25) is 11.8 Å². The summed E-state index contributed by atoms with van der Waals surface area (Å²) in [5.41, 5.74) is -0.526. The molecule has 0 heterocycles. The van der Waals surface area contributed by atoms with Crippen molar-refractivity contribution < 1.29 is 9.59 Å². The SMILES string of the molecule is CNC(=O)C(C)(C)CNC(C)C(=O)NCC(C)C. The van der Waals surface area contributed by atoms with E-state index >= 15 is 0 Å². The van der Waals surface area contributed by atoms with Crippen molar-refractivity contribution in [3.8, 4) is 0 Å². The highest BCUT2D eigenvalue weighted by atomic mass is 16.2. The molecule has 0 saturated heterocycles. The molecule has 0 aromatic rings. The van der Waals surface area contributed by atoms with Crippen LogP contribution in [0.3, 0.4) is 0 Å². The maximum absolute atomic E-state index is 11.7. The third-order valence-electron chi connectivity index (χ3n) is 2.77. The van der Waals surface area contributed by atoms with Gasteiger partial charge in [0.1, 0.15) is 0 Å². The van der Waals surface area contributed by atoms with Crippen molar-refractivity contribution >= 4 is 11.8 Å². The zero-order chi connectivity index (χ0) is 14.3. The van der Waals surface area contributed by atoms with Crippen LogP contribution in [0.15, 0.2) is 0 Å². The Bertz CT molecular complexity index is 288. The molecule has 106 valence electrons. The minimum Gasteiger partial charge on any atom is -0.359 e. The summed E-state index contributed by atoms with van der Waals surface area (Å²) in [5.74, 6) is 0.365. The van der Waals surface area contributed by atoms with Gasteiger partial charge in [-0.25, -0.2) is 0 Å². The predicted molar refractivity (Wildman–Crippen MR) is 73.2 cm³/mol. The number of carbonyl (C=O) groups excluding carboxylic acids is 2. The third-order valence-corrected chi connectivity index (χ3v) is 2.77. The Hall–Kier alpha value is -1.10. The van der Waals surface area contributed by atoms with Crippen LogP contribution in [0, 0.1) is 11.3 Å². The summed E-state index contributed by atoms with van der Waals surface area (Å²) in [4.78, 5) is 23.3. The van der Waals surface area contributed by atoms with Crippen LogP contribution in [0.1, 0.15) is 34.6 Å². The van der Waals surface area contributed by atoms with Crippen LogP contribution < -0.4 is 16.0 Å². The van der Waals surface area contributed by atoms with Crippen molar-refractivity contribution in [2.45, 2.75) is 40.7 Å². The minimum absolute atomic E-state index is 0.0311. The molecule has 3 N–H and O–H groups in total. The van der Waals surface area contributed by atoms with Crippen LogP contribution in [-0.2, 0) is 9.59 Å². The molecule has 0 spiro atoms. The van der Waals surface area contributed by atoms with Gasteiger partial charge in [-0.15, -0.1) is 0 Å². The first-order valence-corrected chi connectivity index (χ1v) is 6.44. The molecule has 0 bridgehead atoms. The van der Waals surface area contributed by atoms with Gasteiger partial charge in [-0.05, 0) is 26.7 Å². The number of carbonyl (C=O) groups is 2. The Morgan fingerprint density at radius 1 is 1.17 bits per heavy atom. The van der Waals surface area contributed by atoms with Crippen molar-refractivity contribution in [3.63, 3.8) is 0 Å². The molecule has 0 aromatic heterocycles. The van der Waals surface area contributed by atoms with Gasteiger partial charge in [-0.2, -0.15) is 0 Å². The zero-order valence-electron chi connectivity index (χ0n) is 12.4. The standard InChI is InChI=1S/C13H27N3O2/c1-9(2)7-15-11(17)10(3)16-8-13(4,5)12(18)14-6/h9-10,16H,7-8H2,1-6H3,(H,14,18)(H,15,17). The van der Waals surface area contributed by atoms with Crippen LogP contribution in [-0.4, -0.2) is 38.0 Å². The maximum atomic E-state index is 11.7. The van der Waals surface area contributed by atoms with E-state index in [1.807, 2.05) is 27.7 Å². The summed E-state index contributed by atoms with van der Waals surface area (Å²) in [7, 11) is 1.61. The lowest BCUT2D eigenvalue weighted by molar-refractivity contribution is -0.129. The molecule has 2 amide bonds. The van der Waals surface area contributed by atoms with Crippen LogP contribution in [0.5, 0.6) is 0 Å². The van der Waals surface area contributed by atoms with Gasteiger partial charge in [0, 0.05) is 20.1 Å². The second kappa shape index (κ2) is 7.36. The van der Waals surface area contributed by atoms with E-state index in [-0.39, 0.29) is 17.9 Å². The van der Waals surface area contributed by atoms with Crippen LogP contribution in [0.25, 0.3) is 0 Å². The second-order valence-corrected chi connectivity index (χ2v) is 5.70. The number of hydrogen-bond donors (Lipinski definition) is 3. The molecule has 0 fully saturated rings. The van der Waals surface area contributed by atoms with E-state index in [1.165, 1.54) is 0 Å². The molecule has 0 aliphatic carbocycles. The highest BCUT2D eigenvalue weighted by Crippen LogP contribution is 2.13. The third kappa shape index (κ3) is 6.00. The number of amides is 2. The van der Waals surface area contributed by atoms with E-state index in [0.29, 0.717) is 19.0 Å². The van der Waals surface area contributed by atoms with Crippen molar-refractivity contribution in [3.05, 3.63) is 0 Å². The molecule has 0 saturated carbocycles. The van der Waals surface area contributed by atoms with Crippen molar-refractivity contribution in [2.75, 3.05) is 20.1 Å². The molecule has 1 unspecified atom stereocenters. The summed E-state index contributed by atoms with van der Waals surface area (Å²) in [5, 5.41) is 8.57. The molecular weight excluding hydrogens is 230 g/mol. The van der Waals surface area contributed by atoms with E-state index in [4.69, 9.17) is 0 Å². The molecule has 5 nitrogen and oxygen atoms in total. The summed E-state index contributed by atoms with van der Waals surface area (Å²) in [6.45, 7) is 10.7. The summed E-state index contributed by atoms with van der Waals surface area (Å²) in [6, 6.07) is -0.298. The van der Waals surface area contributed by atoms with Gasteiger partial charge in [0.15, 0.2) is 0 Å². The first kappa shape index (κ1) is 16.9. The molecule has 0 aliphatic rings. The highest BCUT2D eigenvalue weighted by Gasteiger charge is 2.27. The lowest BCUT2D eigenvalue weighted by Crippen LogP contribution is -2.49. The van der Waals surface area contributed by atoms with Crippen molar-refractivity contribution in [1.82, 2.24) is 16.0 Å². The zero-order valence-corrected chi connectivity index (χ0v) is 12.4. The average Bonchev–Trinajstić information content (AvgIpc) is 2.31. The fourth-order valence-corrected chi connectivity index (χ4v) is 1.38. The van der Waals surface area contributed by atoms with E-state index < -0.39 is 5.41 Å². The van der Waals surface area contributed by atoms with Gasteiger partial charge in [0.25, 0.3) is 0 Å². The topological polar surface area (TPSA) is 70.2 Å². The first-order chi connectivity index (χ1) is 8.20. The van der Waals surface area contributed by atoms with Crippen LogP contribution in [0.2, 0.25) is 0 Å². The van der Waals surface area contributed by atoms with Crippen molar-refractivity contribution in [2.24, 2.45) is 11.3 Å². The molecule has 18 heavy (non-hydrogen) atoms. The molecular formula is C13H27N3O2. The van der Waals surface area contributed by atoms with Gasteiger partial charge in [0.05, 0.1) is 11.5 Å². The van der Waals surface area contributed by atoms with E-state index in [1.54, 1.807) is 14.0 Å². The number of hydrogen-bond acceptors (Lipinski definition) is 3. The molecule has 0 radical (unpaired) electrons. The summed E-state index contributed by atoms with van der Waals surface area (Å²) < 4.78 is 0. The molecule has 5 heteroatoms. The highest BCUT2D eigenvalue weighted by molar-refractivity contribution is 5.83. The molecule has 1 atom stereocenters. The lowest BCUT2D eigenvalue weighted by Gasteiger charge is -2.25. The monoisotopic (exact) mass is 257 g/mol. The smallest absolute Gasteiger partial charge is 0.236 e. The quantitative estimate of drug-likeness (QED) is 0.622. The van der Waals surface area contributed by atoms with Crippen LogP contribution in [0.4, 0.5) is 0 Å². The second-order valence-electron chi connectivity index (χ2n) is 5.70. The van der Waals surface area contributed by atoms with Crippen LogP contribution >= 0.6 is 0 Å². The average molecular weight is 257 g/mol. The Balaban J connectivity index is 4.13. The molecule has 0 aromatic carbocycles. The largest absolute Gasteiger partial charge is 0.359 e. The number of rotatable bonds is 7. The van der Waals surface area contributed by atoms with E-state index in [9.17, 15) is 9.59 Å². The lowest BCUT2D eigenvalue weighted by atomic mass is 9.92. The van der Waals surface area contributed by atoms with E-state index in [0.717, 1.165) is 0 Å². The Morgan fingerprint density at radius 2 is 1.72 bits per heavy atom. The minimum atomic E-state index is -0.526. The fraction of sp³-hybridized carbons (Fsp3) is 0.846. The molecule has 0 rings (SSSR count). The van der Waals surface area contributed by atoms with Gasteiger partial charge < -0.3 is 16.0 Å². The van der Waals surface area contributed by atoms with Gasteiger partial charge in [-0.1, -0.05) is 13.8 Å².